The zero-order valence-electron chi connectivity index (χ0n) is 26.9. The lowest BCUT2D eigenvalue weighted by Crippen LogP contribution is -2.24. The van der Waals surface area contributed by atoms with E-state index in [0.717, 1.165) is 38.2 Å². The van der Waals surface area contributed by atoms with E-state index in [0.29, 0.717) is 41.1 Å². The molecule has 1 aromatic heterocycles. The van der Waals surface area contributed by atoms with Crippen molar-refractivity contribution in [1.82, 2.24) is 9.78 Å². The largest absolute Gasteiger partial charge is 0.366 e. The van der Waals surface area contributed by atoms with Crippen LogP contribution in [0.2, 0.25) is 0 Å². The number of ketones is 2. The van der Waals surface area contributed by atoms with E-state index in [1.54, 1.807) is 0 Å². The Morgan fingerprint density at radius 2 is 1.26 bits per heavy atom. The van der Waals surface area contributed by atoms with Crippen molar-refractivity contribution in [3.05, 3.63) is 87.4 Å². The van der Waals surface area contributed by atoms with Gasteiger partial charge in [-0.2, -0.15) is 43.8 Å². The first-order valence-electron chi connectivity index (χ1n) is 14.0. The number of allylic oxidation sites excluding steroid dienone is 2. The topological polar surface area (TPSA) is 365 Å². The van der Waals surface area contributed by atoms with Crippen LogP contribution < -0.4 is 16.3 Å². The Morgan fingerprint density at radius 1 is 0.759 bits per heavy atom. The van der Waals surface area contributed by atoms with Gasteiger partial charge in [0.25, 0.3) is 51.9 Å². The van der Waals surface area contributed by atoms with Gasteiger partial charge in [0.15, 0.2) is 11.6 Å². The Balaban J connectivity index is 1.88. The lowest BCUT2D eigenvalue weighted by Gasteiger charge is -2.15. The molecule has 22 nitrogen and oxygen atoms in total. The molecule has 0 saturated carbocycles. The van der Waals surface area contributed by atoms with Gasteiger partial charge in [-0.1, -0.05) is 0 Å². The number of aromatic nitrogens is 2. The predicted molar refractivity (Wildman–Crippen MR) is 182 cm³/mol. The standard InChI is InChI=1S/C28H23N5O17S4/c1-13(34)24-18(27(37)32(30-24)20-11-16(51(39,40)41)5-9-22(20)53(45,46)47)7-3-15(26(29)36)4-8-19-25(14(2)35)31-33(28(19)38)21-12-17(52(42,43)44)6-10-23(21)54(48,49)50/h3-12,30H,1-2H3,(H2,29,36)(H,39,40,41)(H,42,43,44)(H,45,46,47)(H,48,49,50). The maximum atomic E-state index is 13.5. The van der Waals surface area contributed by atoms with Gasteiger partial charge in [-0.25, -0.2) is 4.68 Å². The van der Waals surface area contributed by atoms with Crippen molar-refractivity contribution in [2.24, 2.45) is 10.8 Å². The normalized spacial score (nSPS) is 15.3. The molecular formula is C28H23N5O17S4. The second kappa shape index (κ2) is 14.2. The minimum absolute atomic E-state index is 0.216. The number of carbonyl (C=O) groups is 4. The Morgan fingerprint density at radius 3 is 1.70 bits per heavy atom. The number of benzene rings is 2. The fourth-order valence-corrected chi connectivity index (χ4v) is 6.99. The minimum Gasteiger partial charge on any atom is -0.366 e. The third-order valence-electron chi connectivity index (χ3n) is 7.11. The van der Waals surface area contributed by atoms with E-state index in [1.807, 2.05) is 0 Å². The summed E-state index contributed by atoms with van der Waals surface area (Å²) in [4.78, 5) is 60.2. The number of rotatable bonds is 12. The molecule has 1 aliphatic heterocycles. The third kappa shape index (κ3) is 8.39. The van der Waals surface area contributed by atoms with E-state index in [2.05, 4.69) is 10.2 Å². The Hall–Kier alpha value is -5.74. The van der Waals surface area contributed by atoms with E-state index >= 15 is 0 Å². The lowest BCUT2D eigenvalue weighted by atomic mass is 10.1. The van der Waals surface area contributed by atoms with Crippen LogP contribution in [0.5, 0.6) is 0 Å². The number of carbonyl (C=O) groups excluding carboxylic acids is 4. The van der Waals surface area contributed by atoms with Gasteiger partial charge < -0.3 is 5.73 Å². The summed E-state index contributed by atoms with van der Waals surface area (Å²) in [6.07, 6.45) is 3.21. The number of H-pyrrole nitrogens is 1. The molecule has 0 unspecified atom stereocenters. The highest BCUT2D eigenvalue weighted by Crippen LogP contribution is 2.33. The monoisotopic (exact) mass is 829 g/mol. The van der Waals surface area contributed by atoms with Gasteiger partial charge in [0.2, 0.25) is 5.91 Å². The molecule has 2 aromatic carbocycles. The molecule has 0 saturated heterocycles. The van der Waals surface area contributed by atoms with Crippen molar-refractivity contribution in [2.45, 2.75) is 33.4 Å². The summed E-state index contributed by atoms with van der Waals surface area (Å²) in [5.41, 5.74) is -0.708. The molecule has 7 N–H and O–H groups in total. The molecule has 1 aliphatic rings. The number of amides is 2. The highest BCUT2D eigenvalue weighted by Gasteiger charge is 2.36. The van der Waals surface area contributed by atoms with Gasteiger partial charge >= 0.3 is 0 Å². The maximum Gasteiger partial charge on any atom is 0.296 e. The molecule has 26 heteroatoms. The molecule has 0 spiro atoms. The number of nitrogens with one attached hydrogen (secondary N) is 1. The molecule has 0 atom stereocenters. The fraction of sp³-hybridized carbons (Fsp3) is 0.0714. The minimum atomic E-state index is -5.19. The van der Waals surface area contributed by atoms with E-state index in [4.69, 9.17) is 5.73 Å². The second-order valence-electron chi connectivity index (χ2n) is 10.8. The van der Waals surface area contributed by atoms with Crippen LogP contribution in [0.3, 0.4) is 0 Å². The van der Waals surface area contributed by atoms with Crippen LogP contribution in [0.25, 0.3) is 11.8 Å². The van der Waals surface area contributed by atoms with Crippen molar-refractivity contribution < 1.29 is 71.1 Å². The molecular weight excluding hydrogens is 807 g/mol. The molecule has 0 fully saturated rings. The molecule has 0 aliphatic carbocycles. The van der Waals surface area contributed by atoms with Crippen LogP contribution in [-0.2, 0) is 54.9 Å². The summed E-state index contributed by atoms with van der Waals surface area (Å²) in [5, 5.41) is 6.18. The Bertz CT molecular complexity index is 2840. The molecule has 2 heterocycles. The van der Waals surface area contributed by atoms with Gasteiger partial charge in [-0.05, 0) is 60.7 Å². The Labute approximate surface area is 303 Å². The summed E-state index contributed by atoms with van der Waals surface area (Å²) in [7, 11) is -20.4. The van der Waals surface area contributed by atoms with Crippen LogP contribution in [0.1, 0.15) is 29.9 Å². The van der Waals surface area contributed by atoms with Crippen molar-refractivity contribution in [3.63, 3.8) is 0 Å². The maximum absolute atomic E-state index is 13.5. The van der Waals surface area contributed by atoms with Crippen molar-refractivity contribution in [3.8, 4) is 5.69 Å². The number of aromatic amines is 1. The van der Waals surface area contributed by atoms with Crippen LogP contribution in [0, 0.1) is 0 Å². The van der Waals surface area contributed by atoms with Crippen LogP contribution >= 0.6 is 0 Å². The zero-order valence-corrected chi connectivity index (χ0v) is 30.2. The summed E-state index contributed by atoms with van der Waals surface area (Å²) < 4.78 is 134. The second-order valence-corrected chi connectivity index (χ2v) is 16.4. The molecule has 4 rings (SSSR count). The zero-order chi connectivity index (χ0) is 40.9. The average molecular weight is 830 g/mol. The van der Waals surface area contributed by atoms with Crippen LogP contribution in [0.4, 0.5) is 5.69 Å². The number of Topliss-reactive ketones (excluding diaryl/α,β-unsaturated/α-hetero) is 2. The van der Waals surface area contributed by atoms with Gasteiger partial charge in [0, 0.05) is 19.4 Å². The van der Waals surface area contributed by atoms with E-state index in [9.17, 15) is 75.9 Å². The first-order valence-corrected chi connectivity index (χ1v) is 19.8. The van der Waals surface area contributed by atoms with Gasteiger partial charge in [-0.3, -0.25) is 47.3 Å². The number of nitrogens with zero attached hydrogens (tertiary/aromatic N) is 3. The quantitative estimate of drug-likeness (QED) is 0.0590. The number of hydrogen-bond acceptors (Lipinski definition) is 14. The molecule has 286 valence electrons. The average Bonchev–Trinajstić information content (AvgIpc) is 3.54. The van der Waals surface area contributed by atoms with Crippen molar-refractivity contribution >= 4 is 81.3 Å². The number of hydrogen-bond donors (Lipinski definition) is 6. The molecule has 54 heavy (non-hydrogen) atoms. The first kappa shape index (κ1) is 41.0. The third-order valence-corrected chi connectivity index (χ3v) is 10.6. The summed E-state index contributed by atoms with van der Waals surface area (Å²) >= 11 is 0. The number of hydrazone groups is 1. The van der Waals surface area contributed by atoms with Crippen LogP contribution in [0.15, 0.2) is 95.3 Å². The Kier molecular flexibility index (Phi) is 10.8. The molecule has 0 bridgehead atoms. The first-order chi connectivity index (χ1) is 24.6. The lowest BCUT2D eigenvalue weighted by molar-refractivity contribution is -0.115. The summed E-state index contributed by atoms with van der Waals surface area (Å²) in [6.45, 7) is 1.86. The fourth-order valence-electron chi connectivity index (χ4n) is 4.69. The number of nitrogens with two attached hydrogens (primary N) is 1. The van der Waals surface area contributed by atoms with Gasteiger partial charge in [0.1, 0.15) is 21.2 Å². The van der Waals surface area contributed by atoms with E-state index in [-0.39, 0.29) is 5.01 Å². The van der Waals surface area contributed by atoms with Crippen molar-refractivity contribution in [1.29, 1.82) is 0 Å². The smallest absolute Gasteiger partial charge is 0.296 e. The highest BCUT2D eigenvalue weighted by atomic mass is 32.2. The molecule has 3 aromatic rings. The van der Waals surface area contributed by atoms with Crippen molar-refractivity contribution in [2.75, 3.05) is 5.01 Å². The van der Waals surface area contributed by atoms with E-state index in [1.165, 1.54) is 0 Å². The van der Waals surface area contributed by atoms with E-state index < -0.39 is 128 Å². The van der Waals surface area contributed by atoms with Gasteiger partial charge in [-0.15, -0.1) is 0 Å². The highest BCUT2D eigenvalue weighted by molar-refractivity contribution is 7.87. The van der Waals surface area contributed by atoms with Crippen LogP contribution in [-0.4, -0.2) is 90.8 Å². The number of primary amides is 1. The SMILES string of the molecule is CC(=O)C1=NN(c2cc(S(=O)(=O)O)ccc2S(=O)(=O)O)C(=O)C1=CC=C(C=Cc1c(C(C)=O)[nH]n(-c2cc(S(=O)(=O)O)ccc2S(=O)(=O)O)c1=O)C(N)=O. The molecule has 0 radical (unpaired) electrons. The number of anilines is 1. The molecule has 2 amide bonds. The summed E-state index contributed by atoms with van der Waals surface area (Å²) in [5.74, 6) is -4.40. The predicted octanol–water partition coefficient (Wildman–Crippen LogP) is -0.302. The summed E-state index contributed by atoms with van der Waals surface area (Å²) in [6, 6.07) is 3.21. The van der Waals surface area contributed by atoms with Gasteiger partial charge in [0.05, 0.1) is 32.3 Å².